The molecular weight excluding hydrogens is 264 g/mol. The molecule has 0 saturated heterocycles. The molecule has 0 spiro atoms. The third-order valence-electron chi connectivity index (χ3n) is 4.10. The van der Waals surface area contributed by atoms with Crippen LogP contribution in [-0.4, -0.2) is 18.0 Å². The van der Waals surface area contributed by atoms with Gasteiger partial charge in [-0.1, -0.05) is 42.0 Å². The molecule has 0 aliphatic carbocycles. The lowest BCUT2D eigenvalue weighted by Crippen LogP contribution is -2.39. The summed E-state index contributed by atoms with van der Waals surface area (Å²) in [5, 5.41) is 11.1. The van der Waals surface area contributed by atoms with Gasteiger partial charge >= 0.3 is 0 Å². The second-order valence-corrected chi connectivity index (χ2v) is 5.51. The molecule has 0 aromatic heterocycles. The Labute approximate surface area is 124 Å². The van der Waals surface area contributed by atoms with Crippen LogP contribution in [0.15, 0.2) is 48.5 Å². The zero-order valence-electron chi connectivity index (χ0n) is 12.0. The summed E-state index contributed by atoms with van der Waals surface area (Å²) in [5.41, 5.74) is 4.57. The van der Waals surface area contributed by atoms with E-state index in [-0.39, 0.29) is 17.5 Å². The quantitative estimate of drug-likeness (QED) is 0.640. The van der Waals surface area contributed by atoms with Gasteiger partial charge in [0.05, 0.1) is 0 Å². The summed E-state index contributed by atoms with van der Waals surface area (Å²) in [7, 11) is 0. The van der Waals surface area contributed by atoms with Gasteiger partial charge in [0.1, 0.15) is 6.04 Å². The van der Waals surface area contributed by atoms with Crippen LogP contribution in [-0.2, 0) is 6.42 Å². The normalized spacial score (nSPS) is 17.4. The third kappa shape index (κ3) is 2.75. The lowest BCUT2D eigenvalue weighted by molar-refractivity contribution is -0.483. The zero-order chi connectivity index (χ0) is 14.8. The average molecular weight is 282 g/mol. The van der Waals surface area contributed by atoms with Gasteiger partial charge in [-0.25, -0.2) is 0 Å². The summed E-state index contributed by atoms with van der Waals surface area (Å²) in [6, 6.07) is 16.1. The zero-order valence-corrected chi connectivity index (χ0v) is 12.0. The summed E-state index contributed by atoms with van der Waals surface area (Å²) in [5.74, 6) is 0. The van der Waals surface area contributed by atoms with E-state index in [2.05, 4.69) is 35.2 Å². The van der Waals surface area contributed by atoms with Crippen LogP contribution >= 0.6 is 0 Å². The Morgan fingerprint density at radius 2 is 1.90 bits per heavy atom. The van der Waals surface area contributed by atoms with Crippen LogP contribution in [0.1, 0.15) is 22.7 Å². The van der Waals surface area contributed by atoms with E-state index in [0.29, 0.717) is 0 Å². The maximum Gasteiger partial charge on any atom is 0.228 e. The van der Waals surface area contributed by atoms with Crippen LogP contribution in [0.4, 0.5) is 5.69 Å². The Morgan fingerprint density at radius 3 is 2.62 bits per heavy atom. The van der Waals surface area contributed by atoms with Gasteiger partial charge < -0.3 is 4.90 Å². The monoisotopic (exact) mass is 282 g/mol. The molecule has 21 heavy (non-hydrogen) atoms. The summed E-state index contributed by atoms with van der Waals surface area (Å²) >= 11 is 0. The van der Waals surface area contributed by atoms with Gasteiger partial charge in [0.2, 0.25) is 6.54 Å². The van der Waals surface area contributed by atoms with Crippen LogP contribution in [0.3, 0.4) is 0 Å². The van der Waals surface area contributed by atoms with Crippen LogP contribution in [0.2, 0.25) is 0 Å². The lowest BCUT2D eigenvalue weighted by atomic mass is 9.92. The largest absolute Gasteiger partial charge is 0.358 e. The number of fused-ring (bicyclic) bond motifs is 1. The molecule has 0 fully saturated rings. The Kier molecular flexibility index (Phi) is 3.60. The van der Waals surface area contributed by atoms with Crippen LogP contribution in [0.5, 0.6) is 0 Å². The minimum atomic E-state index is -0.214. The third-order valence-corrected chi connectivity index (χ3v) is 4.10. The molecule has 2 aromatic carbocycles. The van der Waals surface area contributed by atoms with Crippen molar-refractivity contribution >= 4 is 5.69 Å². The Morgan fingerprint density at radius 1 is 1.19 bits per heavy atom. The molecule has 0 radical (unpaired) electrons. The minimum Gasteiger partial charge on any atom is -0.358 e. The number of benzene rings is 2. The predicted octanol–water partition coefficient (Wildman–Crippen LogP) is 3.38. The van der Waals surface area contributed by atoms with E-state index >= 15 is 0 Å². The predicted molar refractivity (Wildman–Crippen MR) is 83.3 cm³/mol. The van der Waals surface area contributed by atoms with Gasteiger partial charge in [0.15, 0.2) is 0 Å². The summed E-state index contributed by atoms with van der Waals surface area (Å²) in [6.45, 7) is 2.80. The number of nitrogens with zero attached hydrogens (tertiary/aromatic N) is 2. The number of hydrogen-bond donors (Lipinski definition) is 0. The molecule has 4 heteroatoms. The number of aryl methyl sites for hydroxylation is 1. The highest BCUT2D eigenvalue weighted by molar-refractivity contribution is 5.53. The summed E-state index contributed by atoms with van der Waals surface area (Å²) in [4.78, 5) is 13.0. The first-order valence-electron chi connectivity index (χ1n) is 7.18. The Hall–Kier alpha value is -2.36. The minimum absolute atomic E-state index is 0.0646. The fourth-order valence-corrected chi connectivity index (χ4v) is 3.03. The topological polar surface area (TPSA) is 46.4 Å². The smallest absolute Gasteiger partial charge is 0.228 e. The van der Waals surface area contributed by atoms with E-state index in [1.54, 1.807) is 0 Å². The maximum absolute atomic E-state index is 11.1. The van der Waals surface area contributed by atoms with Crippen molar-refractivity contribution in [2.75, 3.05) is 18.0 Å². The molecule has 4 nitrogen and oxygen atoms in total. The highest BCUT2D eigenvalue weighted by atomic mass is 16.6. The summed E-state index contributed by atoms with van der Waals surface area (Å²) in [6.07, 6.45) is 0.929. The van der Waals surface area contributed by atoms with Crippen molar-refractivity contribution in [3.63, 3.8) is 0 Å². The Balaban J connectivity index is 2.00. The standard InChI is InChI=1S/C17H18N2O2/c1-13-6-8-15(9-7-13)18-11-10-14-4-2-3-5-16(14)17(18)12-19(20)21/h2-9,17H,10-12H2,1H3. The van der Waals surface area contributed by atoms with Gasteiger partial charge in [-0.3, -0.25) is 10.1 Å². The summed E-state index contributed by atoms with van der Waals surface area (Å²) < 4.78 is 0. The SMILES string of the molecule is Cc1ccc(N2CCc3ccccc3C2C[N+](=O)[O-])cc1. The second kappa shape index (κ2) is 5.56. The van der Waals surface area contributed by atoms with Crippen LogP contribution in [0.25, 0.3) is 0 Å². The van der Waals surface area contributed by atoms with Crippen molar-refractivity contribution < 1.29 is 4.92 Å². The van der Waals surface area contributed by atoms with Gasteiger partial charge in [-0.2, -0.15) is 0 Å². The molecule has 0 saturated carbocycles. The van der Waals surface area contributed by atoms with Gasteiger partial charge in [0.25, 0.3) is 0 Å². The van der Waals surface area contributed by atoms with Crippen molar-refractivity contribution in [3.8, 4) is 0 Å². The fraction of sp³-hybridized carbons (Fsp3) is 0.294. The molecule has 3 rings (SSSR count). The number of rotatable bonds is 3. The highest BCUT2D eigenvalue weighted by Gasteiger charge is 2.31. The van der Waals surface area contributed by atoms with Gasteiger partial charge in [-0.15, -0.1) is 0 Å². The van der Waals surface area contributed by atoms with Gasteiger partial charge in [-0.05, 0) is 36.6 Å². The van der Waals surface area contributed by atoms with E-state index in [9.17, 15) is 10.1 Å². The number of anilines is 1. The number of nitro groups is 1. The van der Waals surface area contributed by atoms with Crippen molar-refractivity contribution in [1.29, 1.82) is 0 Å². The van der Waals surface area contributed by atoms with Crippen LogP contribution < -0.4 is 4.90 Å². The average Bonchev–Trinajstić information content (AvgIpc) is 2.48. The molecule has 0 bridgehead atoms. The molecule has 1 heterocycles. The lowest BCUT2D eigenvalue weighted by Gasteiger charge is -2.37. The number of hydrogen-bond acceptors (Lipinski definition) is 3. The van der Waals surface area contributed by atoms with E-state index in [1.807, 2.05) is 25.1 Å². The fourth-order valence-electron chi connectivity index (χ4n) is 3.03. The first-order chi connectivity index (χ1) is 10.1. The van der Waals surface area contributed by atoms with Crippen molar-refractivity contribution in [2.24, 2.45) is 0 Å². The van der Waals surface area contributed by atoms with Gasteiger partial charge in [0, 0.05) is 17.2 Å². The van der Waals surface area contributed by atoms with E-state index in [0.717, 1.165) is 24.2 Å². The highest BCUT2D eigenvalue weighted by Crippen LogP contribution is 2.33. The molecule has 1 aliphatic heterocycles. The van der Waals surface area contributed by atoms with Crippen LogP contribution in [0, 0.1) is 17.0 Å². The molecule has 108 valence electrons. The van der Waals surface area contributed by atoms with Crippen molar-refractivity contribution in [2.45, 2.75) is 19.4 Å². The van der Waals surface area contributed by atoms with E-state index in [4.69, 9.17) is 0 Å². The molecule has 0 amide bonds. The first kappa shape index (κ1) is 13.6. The first-order valence-corrected chi connectivity index (χ1v) is 7.18. The van der Waals surface area contributed by atoms with E-state index in [1.165, 1.54) is 11.1 Å². The molecule has 0 N–H and O–H groups in total. The van der Waals surface area contributed by atoms with Crippen molar-refractivity contribution in [3.05, 3.63) is 75.3 Å². The molecule has 1 atom stereocenters. The molecular formula is C17H18N2O2. The molecule has 2 aromatic rings. The second-order valence-electron chi connectivity index (χ2n) is 5.51. The molecule has 1 unspecified atom stereocenters. The Bertz CT molecular complexity index is 652. The van der Waals surface area contributed by atoms with E-state index < -0.39 is 0 Å². The van der Waals surface area contributed by atoms with Crippen molar-refractivity contribution in [1.82, 2.24) is 0 Å². The molecule has 1 aliphatic rings. The maximum atomic E-state index is 11.1.